The van der Waals surface area contributed by atoms with Gasteiger partial charge in [0.05, 0.1) is 13.0 Å². The van der Waals surface area contributed by atoms with Crippen molar-refractivity contribution in [1.82, 2.24) is 10.2 Å². The molecule has 1 fully saturated rings. The molecule has 1 heterocycles. The minimum atomic E-state index is -0.877. The highest BCUT2D eigenvalue weighted by atomic mass is 16.6. The molecule has 7 heteroatoms. The number of ether oxygens (including phenoxy) is 2. The zero-order valence-corrected chi connectivity index (χ0v) is 13.1. The zero-order chi connectivity index (χ0) is 16.0. The van der Waals surface area contributed by atoms with E-state index in [1.165, 1.54) is 4.90 Å². The zero-order valence-electron chi connectivity index (χ0n) is 13.1. The third-order valence-corrected chi connectivity index (χ3v) is 2.79. The van der Waals surface area contributed by atoms with Crippen LogP contribution in [0.25, 0.3) is 0 Å². The van der Waals surface area contributed by atoms with Crippen molar-refractivity contribution in [2.24, 2.45) is 0 Å². The first-order valence-electron chi connectivity index (χ1n) is 7.17. The van der Waals surface area contributed by atoms with Gasteiger partial charge in [0.25, 0.3) is 0 Å². The van der Waals surface area contributed by atoms with Crippen molar-refractivity contribution in [3.8, 4) is 0 Å². The highest BCUT2D eigenvalue weighted by Crippen LogP contribution is 2.16. The Labute approximate surface area is 124 Å². The second-order valence-electron chi connectivity index (χ2n) is 5.91. The number of rotatable bonds is 4. The number of nitrogens with zero attached hydrogens (tertiary/aromatic N) is 1. The van der Waals surface area contributed by atoms with E-state index in [1.807, 2.05) is 6.92 Å². The topological polar surface area (TPSA) is 84.9 Å². The second kappa shape index (κ2) is 7.28. The van der Waals surface area contributed by atoms with Crippen molar-refractivity contribution >= 4 is 18.0 Å². The third kappa shape index (κ3) is 5.61. The predicted octanol–water partition coefficient (Wildman–Crippen LogP) is 1.07. The molecule has 1 aliphatic heterocycles. The maximum atomic E-state index is 12.1. The fraction of sp³-hybridized carbons (Fsp3) is 0.786. The predicted molar refractivity (Wildman–Crippen MR) is 75.6 cm³/mol. The Balaban J connectivity index is 2.72. The van der Waals surface area contributed by atoms with Crippen LogP contribution in [0.3, 0.4) is 0 Å². The Morgan fingerprint density at radius 1 is 1.38 bits per heavy atom. The van der Waals surface area contributed by atoms with Crippen molar-refractivity contribution in [2.45, 2.75) is 52.2 Å². The Morgan fingerprint density at radius 3 is 2.62 bits per heavy atom. The molecule has 0 radical (unpaired) electrons. The van der Waals surface area contributed by atoms with E-state index in [9.17, 15) is 14.4 Å². The van der Waals surface area contributed by atoms with Crippen molar-refractivity contribution in [3.05, 3.63) is 0 Å². The lowest BCUT2D eigenvalue weighted by Gasteiger charge is -2.35. The summed E-state index contributed by atoms with van der Waals surface area (Å²) in [6, 6.07) is -0.877. The van der Waals surface area contributed by atoms with E-state index in [1.54, 1.807) is 20.8 Å². The molecule has 0 aliphatic carbocycles. The molecule has 0 saturated carbocycles. The molecule has 0 aromatic rings. The molecular formula is C14H24N2O5. The SMILES string of the molecule is CCCOC(=O)C[C@H]1C(=O)NCCN1C(=O)OC(C)(C)C. The molecule has 1 N–H and O–H groups in total. The first kappa shape index (κ1) is 17.3. The Bertz CT molecular complexity index is 403. The van der Waals surface area contributed by atoms with Gasteiger partial charge in [-0.1, -0.05) is 6.92 Å². The van der Waals surface area contributed by atoms with Crippen molar-refractivity contribution in [1.29, 1.82) is 0 Å². The van der Waals surface area contributed by atoms with Gasteiger partial charge in [-0.05, 0) is 27.2 Å². The van der Waals surface area contributed by atoms with Crippen LogP contribution < -0.4 is 5.32 Å². The minimum absolute atomic E-state index is 0.162. The molecule has 1 atom stereocenters. The summed E-state index contributed by atoms with van der Waals surface area (Å²) in [7, 11) is 0. The number of nitrogens with one attached hydrogen (secondary N) is 1. The number of piperazine rings is 1. The summed E-state index contributed by atoms with van der Waals surface area (Å²) in [5.74, 6) is -0.854. The lowest BCUT2D eigenvalue weighted by molar-refractivity contribution is -0.148. The standard InChI is InChI=1S/C14H24N2O5/c1-5-8-20-11(17)9-10-12(18)15-6-7-16(10)13(19)21-14(2,3)4/h10H,5-9H2,1-4H3,(H,15,18)/t10-/m0/s1. The molecule has 7 nitrogen and oxygen atoms in total. The van der Waals surface area contributed by atoms with Gasteiger partial charge in [0.1, 0.15) is 11.6 Å². The van der Waals surface area contributed by atoms with Crippen LogP contribution in [0.15, 0.2) is 0 Å². The molecule has 2 amide bonds. The summed E-state index contributed by atoms with van der Waals surface area (Å²) in [4.78, 5) is 37.0. The molecule has 0 aromatic heterocycles. The monoisotopic (exact) mass is 300 g/mol. The van der Waals surface area contributed by atoms with Gasteiger partial charge in [0.15, 0.2) is 0 Å². The summed E-state index contributed by atoms with van der Waals surface area (Å²) < 4.78 is 10.2. The van der Waals surface area contributed by atoms with Gasteiger partial charge in [-0.25, -0.2) is 4.79 Å². The minimum Gasteiger partial charge on any atom is -0.466 e. The summed E-state index contributed by atoms with van der Waals surface area (Å²) in [6.07, 6.45) is -0.0469. The quantitative estimate of drug-likeness (QED) is 0.785. The number of hydrogen-bond acceptors (Lipinski definition) is 5. The van der Waals surface area contributed by atoms with Gasteiger partial charge >= 0.3 is 12.1 Å². The first-order valence-corrected chi connectivity index (χ1v) is 7.17. The summed E-state index contributed by atoms with van der Waals surface area (Å²) in [5, 5.41) is 2.65. The molecule has 0 unspecified atom stereocenters. The Hall–Kier alpha value is -1.79. The van der Waals surface area contributed by atoms with Gasteiger partial charge in [-0.15, -0.1) is 0 Å². The van der Waals surface area contributed by atoms with Gasteiger partial charge < -0.3 is 14.8 Å². The van der Waals surface area contributed by atoms with Crippen LogP contribution in [0.1, 0.15) is 40.5 Å². The molecule has 0 spiro atoms. The number of esters is 1. The van der Waals surface area contributed by atoms with Gasteiger partial charge in [-0.2, -0.15) is 0 Å². The normalized spacial score (nSPS) is 19.0. The molecule has 0 bridgehead atoms. The van der Waals surface area contributed by atoms with Crippen LogP contribution in [0.5, 0.6) is 0 Å². The highest BCUT2D eigenvalue weighted by molar-refractivity contribution is 5.90. The maximum absolute atomic E-state index is 12.1. The molecular weight excluding hydrogens is 276 g/mol. The van der Waals surface area contributed by atoms with Crippen LogP contribution in [0, 0.1) is 0 Å². The number of carbonyl (C=O) groups is 3. The summed E-state index contributed by atoms with van der Waals surface area (Å²) in [5.41, 5.74) is -0.654. The molecule has 21 heavy (non-hydrogen) atoms. The Morgan fingerprint density at radius 2 is 2.05 bits per heavy atom. The largest absolute Gasteiger partial charge is 0.466 e. The van der Waals surface area contributed by atoms with E-state index in [0.717, 1.165) is 0 Å². The van der Waals surface area contributed by atoms with E-state index >= 15 is 0 Å². The van der Waals surface area contributed by atoms with Crippen LogP contribution in [-0.2, 0) is 19.1 Å². The number of amides is 2. The van der Waals surface area contributed by atoms with Crippen LogP contribution in [0.2, 0.25) is 0 Å². The lowest BCUT2D eigenvalue weighted by Crippen LogP contribution is -2.58. The van der Waals surface area contributed by atoms with Crippen molar-refractivity contribution < 1.29 is 23.9 Å². The fourth-order valence-corrected chi connectivity index (χ4v) is 1.89. The smallest absolute Gasteiger partial charge is 0.411 e. The molecule has 1 saturated heterocycles. The Kier molecular flexibility index (Phi) is 5.99. The maximum Gasteiger partial charge on any atom is 0.411 e. The molecule has 0 aromatic carbocycles. The second-order valence-corrected chi connectivity index (χ2v) is 5.91. The van der Waals surface area contributed by atoms with E-state index in [-0.39, 0.29) is 12.3 Å². The van der Waals surface area contributed by atoms with Gasteiger partial charge in [0, 0.05) is 13.1 Å². The van der Waals surface area contributed by atoms with Crippen molar-refractivity contribution in [2.75, 3.05) is 19.7 Å². The first-order chi connectivity index (χ1) is 9.74. The molecule has 120 valence electrons. The van der Waals surface area contributed by atoms with Gasteiger partial charge in [0.2, 0.25) is 5.91 Å². The van der Waals surface area contributed by atoms with E-state index in [0.29, 0.717) is 26.1 Å². The third-order valence-electron chi connectivity index (χ3n) is 2.79. The summed E-state index contributed by atoms with van der Waals surface area (Å²) in [6.45, 7) is 8.09. The van der Waals surface area contributed by atoms with Crippen LogP contribution >= 0.6 is 0 Å². The van der Waals surface area contributed by atoms with Gasteiger partial charge in [-0.3, -0.25) is 14.5 Å². The summed E-state index contributed by atoms with van der Waals surface area (Å²) >= 11 is 0. The fourth-order valence-electron chi connectivity index (χ4n) is 1.89. The van der Waals surface area contributed by atoms with Crippen LogP contribution in [0.4, 0.5) is 4.79 Å². The van der Waals surface area contributed by atoms with E-state index < -0.39 is 23.7 Å². The van der Waals surface area contributed by atoms with E-state index in [4.69, 9.17) is 9.47 Å². The highest BCUT2D eigenvalue weighted by Gasteiger charge is 2.37. The molecule has 1 aliphatic rings. The number of carbonyl (C=O) groups excluding carboxylic acids is 3. The van der Waals surface area contributed by atoms with Crippen molar-refractivity contribution in [3.63, 3.8) is 0 Å². The number of hydrogen-bond donors (Lipinski definition) is 1. The lowest BCUT2D eigenvalue weighted by atomic mass is 10.1. The van der Waals surface area contributed by atoms with Crippen LogP contribution in [-0.4, -0.2) is 54.2 Å². The average Bonchev–Trinajstić information content (AvgIpc) is 2.36. The average molecular weight is 300 g/mol. The molecule has 1 rings (SSSR count). The van der Waals surface area contributed by atoms with E-state index in [2.05, 4.69) is 5.32 Å².